The Labute approximate surface area is 176 Å². The van der Waals surface area contributed by atoms with Crippen molar-refractivity contribution in [3.8, 4) is 5.75 Å². The molecular weight excluding hydrogens is 384 g/mol. The summed E-state index contributed by atoms with van der Waals surface area (Å²) in [5.74, 6) is -0.822. The molecule has 7 nitrogen and oxygen atoms in total. The van der Waals surface area contributed by atoms with Crippen LogP contribution in [0.25, 0.3) is 0 Å². The number of pyridine rings is 1. The van der Waals surface area contributed by atoms with Gasteiger partial charge in [0.15, 0.2) is 6.61 Å². The average Bonchev–Trinajstić information content (AvgIpc) is 2.76. The number of rotatable bonds is 9. The summed E-state index contributed by atoms with van der Waals surface area (Å²) >= 11 is 0. The number of hydrogen-bond donors (Lipinski definition) is 1. The van der Waals surface area contributed by atoms with Crippen molar-refractivity contribution in [3.05, 3.63) is 59.9 Å². The lowest BCUT2D eigenvalue weighted by atomic mass is 10.0. The lowest BCUT2D eigenvalue weighted by Crippen LogP contribution is -2.43. The summed E-state index contributed by atoms with van der Waals surface area (Å²) in [6.07, 6.45) is 7.27. The zero-order valence-electron chi connectivity index (χ0n) is 17.2. The van der Waals surface area contributed by atoms with Gasteiger partial charge in [-0.05, 0) is 68.6 Å². The monoisotopic (exact) mass is 412 g/mol. The minimum absolute atomic E-state index is 0.217. The SMILES string of the molecule is CN1CCCC[C@H]1C(=O)O[C@H](CCc1cccnc1)c1cccc(OCC(=O)O)c1. The van der Waals surface area contributed by atoms with Crippen LogP contribution in [0.3, 0.4) is 0 Å². The number of likely N-dealkylation sites (tertiary alicyclic amines) is 1. The summed E-state index contributed by atoms with van der Waals surface area (Å²) in [4.78, 5) is 29.9. The highest BCUT2D eigenvalue weighted by molar-refractivity contribution is 5.76. The van der Waals surface area contributed by atoms with Gasteiger partial charge in [-0.15, -0.1) is 0 Å². The predicted molar refractivity (Wildman–Crippen MR) is 111 cm³/mol. The van der Waals surface area contributed by atoms with Gasteiger partial charge in [-0.3, -0.25) is 14.7 Å². The standard InChI is InChI=1S/C23H28N2O5/c1-25-13-3-2-9-20(25)23(28)30-21(11-10-17-6-5-12-24-15-17)18-7-4-8-19(14-18)29-16-22(26)27/h4-8,12,14-15,20-21H,2-3,9-11,13,16H2,1H3,(H,26,27)/t20-,21+/m0/s1. The molecule has 2 aromatic rings. The third kappa shape index (κ3) is 6.29. The lowest BCUT2D eigenvalue weighted by Gasteiger charge is -2.32. The molecule has 0 unspecified atom stereocenters. The van der Waals surface area contributed by atoms with Crippen molar-refractivity contribution in [3.63, 3.8) is 0 Å². The fourth-order valence-electron chi connectivity index (χ4n) is 3.68. The Hall–Kier alpha value is -2.93. The molecule has 3 rings (SSSR count). The first-order valence-corrected chi connectivity index (χ1v) is 10.3. The van der Waals surface area contributed by atoms with Crippen LogP contribution in [0.1, 0.15) is 42.9 Å². The third-order valence-corrected chi connectivity index (χ3v) is 5.31. The number of nitrogens with zero attached hydrogens (tertiary/aromatic N) is 2. The van der Waals surface area contributed by atoms with Crippen LogP contribution >= 0.6 is 0 Å². The second-order valence-corrected chi connectivity index (χ2v) is 7.57. The second-order valence-electron chi connectivity index (χ2n) is 7.57. The average molecular weight is 412 g/mol. The molecule has 2 atom stereocenters. The number of aryl methyl sites for hydroxylation is 1. The molecule has 1 fully saturated rings. The zero-order chi connectivity index (χ0) is 21.3. The van der Waals surface area contributed by atoms with Crippen molar-refractivity contribution in [1.82, 2.24) is 9.88 Å². The fraction of sp³-hybridized carbons (Fsp3) is 0.435. The van der Waals surface area contributed by atoms with Crippen molar-refractivity contribution >= 4 is 11.9 Å². The zero-order valence-corrected chi connectivity index (χ0v) is 17.2. The molecule has 0 spiro atoms. The van der Waals surface area contributed by atoms with E-state index in [-0.39, 0.29) is 12.0 Å². The summed E-state index contributed by atoms with van der Waals surface area (Å²) in [7, 11) is 1.95. The molecule has 1 aromatic carbocycles. The van der Waals surface area contributed by atoms with Gasteiger partial charge in [0.2, 0.25) is 0 Å². The van der Waals surface area contributed by atoms with Crippen LogP contribution < -0.4 is 4.74 Å². The summed E-state index contributed by atoms with van der Waals surface area (Å²) < 4.78 is 11.3. The molecule has 7 heteroatoms. The van der Waals surface area contributed by atoms with Crippen LogP contribution in [0, 0.1) is 0 Å². The molecule has 1 saturated heterocycles. The number of piperidine rings is 1. The number of aromatic nitrogens is 1. The molecule has 1 aromatic heterocycles. The number of carbonyl (C=O) groups is 2. The smallest absolute Gasteiger partial charge is 0.341 e. The largest absolute Gasteiger partial charge is 0.482 e. The number of carboxylic acid groups (broad SMARTS) is 1. The van der Waals surface area contributed by atoms with E-state index in [9.17, 15) is 9.59 Å². The Morgan fingerprint density at radius 2 is 2.13 bits per heavy atom. The van der Waals surface area contributed by atoms with Crippen molar-refractivity contribution in [1.29, 1.82) is 0 Å². The van der Waals surface area contributed by atoms with Gasteiger partial charge < -0.3 is 14.6 Å². The highest BCUT2D eigenvalue weighted by Crippen LogP contribution is 2.28. The molecule has 0 amide bonds. The molecule has 2 heterocycles. The Kier molecular flexibility index (Phi) is 7.79. The maximum atomic E-state index is 12.9. The number of benzene rings is 1. The van der Waals surface area contributed by atoms with E-state index in [1.807, 2.05) is 25.2 Å². The van der Waals surface area contributed by atoms with Gasteiger partial charge in [-0.25, -0.2) is 4.79 Å². The molecule has 1 N–H and O–H groups in total. The number of carboxylic acids is 1. The Morgan fingerprint density at radius 1 is 1.27 bits per heavy atom. The molecular formula is C23H28N2O5. The van der Waals surface area contributed by atoms with Crippen molar-refractivity contribution < 1.29 is 24.2 Å². The number of aliphatic carboxylic acids is 1. The molecule has 160 valence electrons. The van der Waals surface area contributed by atoms with Crippen molar-refractivity contribution in [2.24, 2.45) is 0 Å². The predicted octanol–water partition coefficient (Wildman–Crippen LogP) is 3.25. The molecule has 0 saturated carbocycles. The Balaban J connectivity index is 1.75. The van der Waals surface area contributed by atoms with Crippen LogP contribution in [-0.2, 0) is 20.7 Å². The van der Waals surface area contributed by atoms with Crippen molar-refractivity contribution in [2.45, 2.75) is 44.2 Å². The molecule has 1 aliphatic heterocycles. The molecule has 30 heavy (non-hydrogen) atoms. The maximum Gasteiger partial charge on any atom is 0.341 e. The van der Waals surface area contributed by atoms with Gasteiger partial charge in [0.05, 0.1) is 0 Å². The van der Waals surface area contributed by atoms with Gasteiger partial charge in [0.25, 0.3) is 0 Å². The molecule has 0 bridgehead atoms. The lowest BCUT2D eigenvalue weighted by molar-refractivity contribution is -0.157. The third-order valence-electron chi connectivity index (χ3n) is 5.31. The van der Waals surface area contributed by atoms with Gasteiger partial charge >= 0.3 is 11.9 Å². The fourth-order valence-corrected chi connectivity index (χ4v) is 3.68. The van der Waals surface area contributed by atoms with Crippen LogP contribution in [0.15, 0.2) is 48.8 Å². The van der Waals surface area contributed by atoms with Crippen LogP contribution in [0.5, 0.6) is 5.75 Å². The highest BCUT2D eigenvalue weighted by atomic mass is 16.5. The summed E-state index contributed by atoms with van der Waals surface area (Å²) in [5, 5.41) is 8.85. The Morgan fingerprint density at radius 3 is 2.87 bits per heavy atom. The minimum Gasteiger partial charge on any atom is -0.482 e. The Bertz CT molecular complexity index is 842. The van der Waals surface area contributed by atoms with E-state index >= 15 is 0 Å². The summed E-state index contributed by atoms with van der Waals surface area (Å²) in [6, 6.07) is 10.7. The first kappa shape index (κ1) is 21.8. The van der Waals surface area contributed by atoms with Gasteiger partial charge in [0, 0.05) is 12.4 Å². The minimum atomic E-state index is -1.04. The number of likely N-dealkylation sites (N-methyl/N-ethyl adjacent to an activating group) is 1. The van der Waals surface area contributed by atoms with E-state index in [1.54, 1.807) is 30.6 Å². The normalized spacial score (nSPS) is 17.8. The number of hydrogen-bond acceptors (Lipinski definition) is 6. The molecule has 0 aliphatic carbocycles. The quantitative estimate of drug-likeness (QED) is 0.633. The molecule has 1 aliphatic rings. The van der Waals surface area contributed by atoms with E-state index in [0.717, 1.165) is 36.9 Å². The topological polar surface area (TPSA) is 89.0 Å². The van der Waals surface area contributed by atoms with E-state index < -0.39 is 18.7 Å². The highest BCUT2D eigenvalue weighted by Gasteiger charge is 2.29. The number of esters is 1. The van der Waals surface area contributed by atoms with Crippen molar-refractivity contribution in [2.75, 3.05) is 20.2 Å². The summed E-state index contributed by atoms with van der Waals surface area (Å²) in [5.41, 5.74) is 1.85. The number of ether oxygens (including phenoxy) is 2. The van der Waals surface area contributed by atoms with E-state index in [0.29, 0.717) is 18.6 Å². The van der Waals surface area contributed by atoms with Crippen LogP contribution in [0.2, 0.25) is 0 Å². The summed E-state index contributed by atoms with van der Waals surface area (Å²) in [6.45, 7) is 0.467. The van der Waals surface area contributed by atoms with Gasteiger partial charge in [-0.2, -0.15) is 0 Å². The number of carbonyl (C=O) groups excluding carboxylic acids is 1. The van der Waals surface area contributed by atoms with Gasteiger partial charge in [-0.1, -0.05) is 24.6 Å². The first-order valence-electron chi connectivity index (χ1n) is 10.3. The van der Waals surface area contributed by atoms with Crippen LogP contribution in [0.4, 0.5) is 0 Å². The van der Waals surface area contributed by atoms with E-state index in [1.165, 1.54) is 0 Å². The van der Waals surface area contributed by atoms with E-state index in [4.69, 9.17) is 14.6 Å². The molecule has 0 radical (unpaired) electrons. The van der Waals surface area contributed by atoms with Crippen LogP contribution in [-0.4, -0.2) is 53.2 Å². The first-order chi connectivity index (χ1) is 14.5. The maximum absolute atomic E-state index is 12.9. The van der Waals surface area contributed by atoms with Gasteiger partial charge in [0.1, 0.15) is 17.9 Å². The second kappa shape index (κ2) is 10.7. The van der Waals surface area contributed by atoms with E-state index in [2.05, 4.69) is 9.88 Å².